The maximum Gasteiger partial charge on any atom is 0.338 e. The number of ether oxygens (including phenoxy) is 2. The molecule has 0 unspecified atom stereocenters. The predicted octanol–water partition coefficient (Wildman–Crippen LogP) is 9.37. The molecule has 0 aliphatic heterocycles. The standard InChI is InChI=1S/C31H50O4/c1-3-5-6-7-8-9-10-11-12-13-14-15-16-17-18-19-20-21-22-23-30(32)35-29-26-24-28(25-27-29)31(33)34-4-2/h11-12,24-27H,3-10,13-23H2,1-2H3/b12-11-. The van der Waals surface area contributed by atoms with Crippen LogP contribution in [0.2, 0.25) is 0 Å². The molecule has 0 amide bonds. The molecular formula is C31H50O4. The largest absolute Gasteiger partial charge is 0.462 e. The van der Waals surface area contributed by atoms with Crippen molar-refractivity contribution in [3.8, 4) is 5.75 Å². The van der Waals surface area contributed by atoms with E-state index in [1.807, 2.05) is 0 Å². The van der Waals surface area contributed by atoms with Gasteiger partial charge in [0.1, 0.15) is 5.75 Å². The third-order valence-electron chi connectivity index (χ3n) is 6.24. The van der Waals surface area contributed by atoms with Gasteiger partial charge < -0.3 is 9.47 Å². The summed E-state index contributed by atoms with van der Waals surface area (Å²) in [7, 11) is 0. The van der Waals surface area contributed by atoms with Crippen LogP contribution in [0.3, 0.4) is 0 Å². The second kappa shape index (κ2) is 22.4. The van der Waals surface area contributed by atoms with Gasteiger partial charge in [0, 0.05) is 6.42 Å². The second-order valence-electron chi connectivity index (χ2n) is 9.47. The Balaban J connectivity index is 1.88. The molecular weight excluding hydrogens is 436 g/mol. The summed E-state index contributed by atoms with van der Waals surface area (Å²) in [6.07, 6.45) is 27.0. The molecule has 0 saturated heterocycles. The van der Waals surface area contributed by atoms with E-state index >= 15 is 0 Å². The molecule has 4 heteroatoms. The molecule has 1 aromatic carbocycles. The summed E-state index contributed by atoms with van der Waals surface area (Å²) in [5.41, 5.74) is 0.460. The Morgan fingerprint density at radius 1 is 0.657 bits per heavy atom. The number of unbranched alkanes of at least 4 members (excludes halogenated alkanes) is 15. The quantitative estimate of drug-likeness (QED) is 0.0709. The molecule has 35 heavy (non-hydrogen) atoms. The van der Waals surface area contributed by atoms with Crippen molar-refractivity contribution in [2.75, 3.05) is 6.61 Å². The third-order valence-corrected chi connectivity index (χ3v) is 6.24. The Morgan fingerprint density at radius 3 is 1.66 bits per heavy atom. The fourth-order valence-corrected chi connectivity index (χ4v) is 4.10. The first-order chi connectivity index (χ1) is 17.2. The summed E-state index contributed by atoms with van der Waals surface area (Å²) in [6.45, 7) is 4.38. The van der Waals surface area contributed by atoms with Gasteiger partial charge in [0.2, 0.25) is 0 Å². The molecule has 1 aromatic rings. The number of hydrogen-bond acceptors (Lipinski definition) is 4. The lowest BCUT2D eigenvalue weighted by Crippen LogP contribution is -2.08. The molecule has 0 heterocycles. The number of rotatable bonds is 22. The molecule has 0 N–H and O–H groups in total. The van der Waals surface area contributed by atoms with Gasteiger partial charge >= 0.3 is 11.9 Å². The van der Waals surface area contributed by atoms with Gasteiger partial charge in [0.25, 0.3) is 0 Å². The summed E-state index contributed by atoms with van der Waals surface area (Å²) in [5, 5.41) is 0. The summed E-state index contributed by atoms with van der Waals surface area (Å²) in [5.74, 6) is -0.108. The van der Waals surface area contributed by atoms with Crippen LogP contribution in [0.25, 0.3) is 0 Å². The van der Waals surface area contributed by atoms with Crippen LogP contribution < -0.4 is 4.74 Å². The van der Waals surface area contributed by atoms with Crippen LogP contribution in [0.5, 0.6) is 5.75 Å². The second-order valence-corrected chi connectivity index (χ2v) is 9.47. The smallest absolute Gasteiger partial charge is 0.338 e. The number of benzene rings is 1. The lowest BCUT2D eigenvalue weighted by molar-refractivity contribution is -0.134. The monoisotopic (exact) mass is 486 g/mol. The molecule has 0 fully saturated rings. The van der Waals surface area contributed by atoms with Gasteiger partial charge in [-0.3, -0.25) is 4.79 Å². The van der Waals surface area contributed by atoms with E-state index in [0.717, 1.165) is 12.8 Å². The molecule has 0 bridgehead atoms. The van der Waals surface area contributed by atoms with Crippen molar-refractivity contribution in [2.24, 2.45) is 0 Å². The molecule has 0 atom stereocenters. The number of carbonyl (C=O) groups excluding carboxylic acids is 2. The van der Waals surface area contributed by atoms with E-state index in [1.54, 1.807) is 31.2 Å². The average molecular weight is 487 g/mol. The van der Waals surface area contributed by atoms with Crippen LogP contribution in [0.4, 0.5) is 0 Å². The van der Waals surface area contributed by atoms with E-state index in [9.17, 15) is 9.59 Å². The zero-order valence-electron chi connectivity index (χ0n) is 22.5. The summed E-state index contributed by atoms with van der Waals surface area (Å²) < 4.78 is 10.3. The zero-order chi connectivity index (χ0) is 25.4. The fraction of sp³-hybridized carbons (Fsp3) is 0.677. The highest BCUT2D eigenvalue weighted by Gasteiger charge is 2.08. The Bertz CT molecular complexity index is 678. The van der Waals surface area contributed by atoms with Gasteiger partial charge in [0.05, 0.1) is 12.2 Å². The van der Waals surface area contributed by atoms with Crippen molar-refractivity contribution in [2.45, 2.75) is 129 Å². The van der Waals surface area contributed by atoms with Crippen LogP contribution in [-0.2, 0) is 9.53 Å². The first-order valence-corrected chi connectivity index (χ1v) is 14.3. The minimum absolute atomic E-state index is 0.213. The van der Waals surface area contributed by atoms with E-state index in [4.69, 9.17) is 9.47 Å². The molecule has 198 valence electrons. The maximum absolute atomic E-state index is 12.0. The molecule has 0 aliphatic carbocycles. The van der Waals surface area contributed by atoms with Crippen molar-refractivity contribution >= 4 is 11.9 Å². The molecule has 0 radical (unpaired) electrons. The average Bonchev–Trinajstić information content (AvgIpc) is 2.86. The number of hydrogen-bond donors (Lipinski definition) is 0. The Hall–Kier alpha value is -2.10. The van der Waals surface area contributed by atoms with E-state index < -0.39 is 0 Å². The minimum atomic E-state index is -0.364. The molecule has 0 spiro atoms. The highest BCUT2D eigenvalue weighted by Crippen LogP contribution is 2.16. The van der Waals surface area contributed by atoms with Crippen molar-refractivity contribution in [1.82, 2.24) is 0 Å². The summed E-state index contributed by atoms with van der Waals surface area (Å²) >= 11 is 0. The van der Waals surface area contributed by atoms with Gasteiger partial charge in [-0.1, -0.05) is 96.1 Å². The lowest BCUT2D eigenvalue weighted by atomic mass is 10.1. The van der Waals surface area contributed by atoms with E-state index in [-0.39, 0.29) is 11.9 Å². The Labute approximate surface area is 214 Å². The van der Waals surface area contributed by atoms with Crippen LogP contribution in [0.15, 0.2) is 36.4 Å². The van der Waals surface area contributed by atoms with E-state index in [1.165, 1.54) is 96.3 Å². The van der Waals surface area contributed by atoms with E-state index in [0.29, 0.717) is 24.3 Å². The van der Waals surface area contributed by atoms with Crippen molar-refractivity contribution in [3.63, 3.8) is 0 Å². The highest BCUT2D eigenvalue weighted by atomic mass is 16.5. The molecule has 0 aromatic heterocycles. The summed E-state index contributed by atoms with van der Waals surface area (Å²) in [6, 6.07) is 6.51. The van der Waals surface area contributed by atoms with Crippen molar-refractivity contribution in [1.29, 1.82) is 0 Å². The zero-order valence-corrected chi connectivity index (χ0v) is 22.5. The maximum atomic E-state index is 12.0. The van der Waals surface area contributed by atoms with Crippen LogP contribution in [0, 0.1) is 0 Å². The van der Waals surface area contributed by atoms with Gasteiger partial charge in [0.15, 0.2) is 0 Å². The van der Waals surface area contributed by atoms with Crippen LogP contribution in [-0.4, -0.2) is 18.5 Å². The van der Waals surface area contributed by atoms with E-state index in [2.05, 4.69) is 19.1 Å². The lowest BCUT2D eigenvalue weighted by Gasteiger charge is -2.06. The van der Waals surface area contributed by atoms with Crippen molar-refractivity contribution < 1.29 is 19.1 Å². The van der Waals surface area contributed by atoms with Gasteiger partial charge in [-0.2, -0.15) is 0 Å². The first-order valence-electron chi connectivity index (χ1n) is 14.3. The van der Waals surface area contributed by atoms with Gasteiger partial charge in [-0.25, -0.2) is 4.79 Å². The van der Waals surface area contributed by atoms with Gasteiger partial charge in [-0.05, 0) is 63.3 Å². The number of esters is 2. The first kappa shape index (κ1) is 30.9. The Kier molecular flexibility index (Phi) is 19.8. The van der Waals surface area contributed by atoms with Crippen LogP contribution in [0.1, 0.15) is 140 Å². The predicted molar refractivity (Wildman–Crippen MR) is 146 cm³/mol. The Morgan fingerprint density at radius 2 is 1.14 bits per heavy atom. The van der Waals surface area contributed by atoms with Gasteiger partial charge in [-0.15, -0.1) is 0 Å². The summed E-state index contributed by atoms with van der Waals surface area (Å²) in [4.78, 5) is 23.6. The molecule has 0 saturated carbocycles. The number of carbonyl (C=O) groups is 2. The fourth-order valence-electron chi connectivity index (χ4n) is 4.10. The SMILES string of the molecule is CCCCCCCC/C=C\CCCCCCCCCCCC(=O)Oc1ccc(C(=O)OCC)cc1. The van der Waals surface area contributed by atoms with Crippen LogP contribution >= 0.6 is 0 Å². The molecule has 0 aliphatic rings. The molecule has 1 rings (SSSR count). The van der Waals surface area contributed by atoms with Crippen molar-refractivity contribution in [3.05, 3.63) is 42.0 Å². The normalized spacial score (nSPS) is 11.1. The molecule has 4 nitrogen and oxygen atoms in total. The highest BCUT2D eigenvalue weighted by molar-refractivity contribution is 5.89. The third kappa shape index (κ3) is 17.9. The topological polar surface area (TPSA) is 52.6 Å². The number of allylic oxidation sites excluding steroid dienone is 2. The minimum Gasteiger partial charge on any atom is -0.462 e.